The molecule has 1 N–H and O–H groups in total. The fraction of sp³-hybridized carbons (Fsp3) is 0.625. The van der Waals surface area contributed by atoms with Crippen molar-refractivity contribution in [1.29, 1.82) is 0 Å². The van der Waals surface area contributed by atoms with Gasteiger partial charge in [-0.15, -0.1) is 0 Å². The number of hydrogen-bond acceptors (Lipinski definition) is 3. The Labute approximate surface area is 129 Å². The van der Waals surface area contributed by atoms with Gasteiger partial charge in [-0.2, -0.15) is 0 Å². The molecular formula is C16H23BrO3. The molecule has 0 radical (unpaired) electrons. The molecule has 1 saturated carbocycles. The number of methoxy groups -OCH3 is 2. The van der Waals surface area contributed by atoms with E-state index < -0.39 is 5.60 Å². The number of hydrogen-bond donors (Lipinski definition) is 1. The van der Waals surface area contributed by atoms with Crippen molar-refractivity contribution >= 4 is 15.9 Å². The molecule has 0 unspecified atom stereocenters. The van der Waals surface area contributed by atoms with Crippen LogP contribution < -0.4 is 9.47 Å². The quantitative estimate of drug-likeness (QED) is 0.892. The molecule has 1 aliphatic carbocycles. The zero-order valence-electron chi connectivity index (χ0n) is 12.6. The Hall–Kier alpha value is -0.740. The Balaban J connectivity index is 2.40. The van der Waals surface area contributed by atoms with E-state index in [2.05, 4.69) is 29.8 Å². The first-order valence-electron chi connectivity index (χ1n) is 6.96. The van der Waals surface area contributed by atoms with Gasteiger partial charge in [0.05, 0.1) is 19.8 Å². The van der Waals surface area contributed by atoms with E-state index in [1.165, 1.54) is 0 Å². The highest BCUT2D eigenvalue weighted by atomic mass is 79.9. The van der Waals surface area contributed by atoms with Gasteiger partial charge in [0.15, 0.2) is 0 Å². The van der Waals surface area contributed by atoms with Crippen molar-refractivity contribution in [3.8, 4) is 11.5 Å². The standard InChI is InChI=1S/C16H23BrO3/c1-15(2)7-9-16(18,10-8-15)11-5-6-12(19-3)13(17)14(11)20-4/h5-6,18H,7-10H2,1-4H3. The average molecular weight is 343 g/mol. The van der Waals surface area contributed by atoms with Crippen LogP contribution in [-0.2, 0) is 5.60 Å². The molecule has 0 atom stereocenters. The maximum atomic E-state index is 11.0. The third kappa shape index (κ3) is 2.82. The minimum Gasteiger partial charge on any atom is -0.495 e. The predicted molar refractivity (Wildman–Crippen MR) is 83.4 cm³/mol. The SMILES string of the molecule is COc1ccc(C2(O)CCC(C)(C)CC2)c(OC)c1Br. The van der Waals surface area contributed by atoms with E-state index in [0.29, 0.717) is 16.9 Å². The number of ether oxygens (including phenoxy) is 2. The Bertz CT molecular complexity index is 487. The number of benzene rings is 1. The normalized spacial score (nSPS) is 20.5. The predicted octanol–water partition coefficient (Wildman–Crippen LogP) is 4.25. The highest BCUT2D eigenvalue weighted by Crippen LogP contribution is 2.50. The molecule has 0 saturated heterocycles. The molecule has 0 amide bonds. The average Bonchev–Trinajstić information content (AvgIpc) is 2.42. The summed E-state index contributed by atoms with van der Waals surface area (Å²) in [5.41, 5.74) is 0.349. The van der Waals surface area contributed by atoms with Crippen LogP contribution in [0.1, 0.15) is 45.1 Å². The second-order valence-corrected chi connectivity index (χ2v) is 7.15. The van der Waals surface area contributed by atoms with E-state index in [-0.39, 0.29) is 0 Å². The summed E-state index contributed by atoms with van der Waals surface area (Å²) in [7, 11) is 3.25. The van der Waals surface area contributed by atoms with E-state index in [9.17, 15) is 5.11 Å². The van der Waals surface area contributed by atoms with Crippen LogP contribution in [0.4, 0.5) is 0 Å². The molecule has 112 valence electrons. The summed E-state index contributed by atoms with van der Waals surface area (Å²) in [5, 5.41) is 11.0. The maximum absolute atomic E-state index is 11.0. The minimum absolute atomic E-state index is 0.309. The lowest BCUT2D eigenvalue weighted by Gasteiger charge is -2.41. The summed E-state index contributed by atoms with van der Waals surface area (Å²) in [6.07, 6.45) is 3.54. The summed E-state index contributed by atoms with van der Waals surface area (Å²) >= 11 is 3.50. The van der Waals surface area contributed by atoms with Gasteiger partial charge < -0.3 is 14.6 Å². The lowest BCUT2D eigenvalue weighted by molar-refractivity contribution is -0.0321. The van der Waals surface area contributed by atoms with Gasteiger partial charge in [0.1, 0.15) is 16.0 Å². The van der Waals surface area contributed by atoms with Gasteiger partial charge in [0.25, 0.3) is 0 Å². The number of aliphatic hydroxyl groups is 1. The van der Waals surface area contributed by atoms with Gasteiger partial charge in [-0.05, 0) is 59.2 Å². The Kier molecular flexibility index (Phi) is 4.35. The smallest absolute Gasteiger partial charge is 0.142 e. The lowest BCUT2D eigenvalue weighted by Crippen LogP contribution is -2.35. The Morgan fingerprint density at radius 2 is 1.65 bits per heavy atom. The third-order valence-corrected chi connectivity index (χ3v) is 5.17. The van der Waals surface area contributed by atoms with Crippen molar-refractivity contribution < 1.29 is 14.6 Å². The first-order chi connectivity index (χ1) is 9.33. The molecule has 0 bridgehead atoms. The van der Waals surface area contributed by atoms with Crippen LogP contribution in [-0.4, -0.2) is 19.3 Å². The molecular weight excluding hydrogens is 320 g/mol. The van der Waals surface area contributed by atoms with Crippen LogP contribution in [0.3, 0.4) is 0 Å². The summed E-state index contributed by atoms with van der Waals surface area (Å²) in [4.78, 5) is 0. The van der Waals surface area contributed by atoms with Crippen molar-refractivity contribution in [2.75, 3.05) is 14.2 Å². The largest absolute Gasteiger partial charge is 0.495 e. The molecule has 0 spiro atoms. The number of rotatable bonds is 3. The summed E-state index contributed by atoms with van der Waals surface area (Å²) in [6, 6.07) is 3.79. The molecule has 1 fully saturated rings. The monoisotopic (exact) mass is 342 g/mol. The van der Waals surface area contributed by atoms with Crippen LogP contribution in [0, 0.1) is 5.41 Å². The number of halogens is 1. The third-order valence-electron chi connectivity index (χ3n) is 4.42. The van der Waals surface area contributed by atoms with E-state index >= 15 is 0 Å². The van der Waals surface area contributed by atoms with Gasteiger partial charge in [-0.3, -0.25) is 0 Å². The second-order valence-electron chi connectivity index (χ2n) is 6.36. The van der Waals surface area contributed by atoms with Crippen molar-refractivity contribution in [3.05, 3.63) is 22.2 Å². The van der Waals surface area contributed by atoms with Gasteiger partial charge in [-0.25, -0.2) is 0 Å². The van der Waals surface area contributed by atoms with E-state index in [4.69, 9.17) is 9.47 Å². The van der Waals surface area contributed by atoms with Crippen LogP contribution in [0.25, 0.3) is 0 Å². The topological polar surface area (TPSA) is 38.7 Å². The first-order valence-corrected chi connectivity index (χ1v) is 7.76. The first kappa shape index (κ1) is 15.6. The van der Waals surface area contributed by atoms with Crippen molar-refractivity contribution in [2.45, 2.75) is 45.1 Å². The fourth-order valence-electron chi connectivity index (χ4n) is 2.87. The Morgan fingerprint density at radius 1 is 1.05 bits per heavy atom. The summed E-state index contributed by atoms with van der Waals surface area (Å²) < 4.78 is 11.6. The minimum atomic E-state index is -0.810. The summed E-state index contributed by atoms with van der Waals surface area (Å²) in [5.74, 6) is 1.39. The summed E-state index contributed by atoms with van der Waals surface area (Å²) in [6.45, 7) is 4.52. The molecule has 4 heteroatoms. The molecule has 0 aliphatic heterocycles. The lowest BCUT2D eigenvalue weighted by atomic mass is 9.68. The fourth-order valence-corrected chi connectivity index (χ4v) is 3.54. The molecule has 2 rings (SSSR count). The van der Waals surface area contributed by atoms with Crippen LogP contribution in [0.15, 0.2) is 16.6 Å². The molecule has 0 heterocycles. The molecule has 1 aromatic carbocycles. The molecule has 1 aromatic rings. The zero-order chi connectivity index (χ0) is 15.0. The van der Waals surface area contributed by atoms with Gasteiger partial charge in [0.2, 0.25) is 0 Å². The van der Waals surface area contributed by atoms with Gasteiger partial charge in [-0.1, -0.05) is 13.8 Å². The van der Waals surface area contributed by atoms with E-state index in [0.717, 1.165) is 35.7 Å². The van der Waals surface area contributed by atoms with Crippen molar-refractivity contribution in [3.63, 3.8) is 0 Å². The van der Waals surface area contributed by atoms with Crippen LogP contribution >= 0.6 is 15.9 Å². The second kappa shape index (κ2) is 5.57. The highest BCUT2D eigenvalue weighted by molar-refractivity contribution is 9.10. The van der Waals surface area contributed by atoms with Crippen LogP contribution in [0.2, 0.25) is 0 Å². The van der Waals surface area contributed by atoms with E-state index in [1.807, 2.05) is 12.1 Å². The zero-order valence-corrected chi connectivity index (χ0v) is 14.2. The van der Waals surface area contributed by atoms with Crippen molar-refractivity contribution in [2.24, 2.45) is 5.41 Å². The van der Waals surface area contributed by atoms with Crippen LogP contribution in [0.5, 0.6) is 11.5 Å². The molecule has 0 aromatic heterocycles. The van der Waals surface area contributed by atoms with Crippen molar-refractivity contribution in [1.82, 2.24) is 0 Å². The van der Waals surface area contributed by atoms with Gasteiger partial charge in [0, 0.05) is 5.56 Å². The molecule has 1 aliphatic rings. The molecule has 3 nitrogen and oxygen atoms in total. The van der Waals surface area contributed by atoms with Gasteiger partial charge >= 0.3 is 0 Å². The maximum Gasteiger partial charge on any atom is 0.142 e. The molecule has 20 heavy (non-hydrogen) atoms. The highest BCUT2D eigenvalue weighted by Gasteiger charge is 2.40. The Morgan fingerprint density at radius 3 is 2.15 bits per heavy atom. The van der Waals surface area contributed by atoms with E-state index in [1.54, 1.807) is 14.2 Å².